The van der Waals surface area contributed by atoms with Crippen LogP contribution >= 0.6 is 0 Å². The van der Waals surface area contributed by atoms with Crippen molar-refractivity contribution in [2.75, 3.05) is 0 Å². The third-order valence-electron chi connectivity index (χ3n) is 6.06. The van der Waals surface area contributed by atoms with Crippen LogP contribution in [0.1, 0.15) is 324 Å². The van der Waals surface area contributed by atoms with E-state index in [2.05, 4.69) is 187 Å². The molecule has 0 saturated heterocycles. The lowest BCUT2D eigenvalue weighted by Crippen LogP contribution is -2.00. The van der Waals surface area contributed by atoms with E-state index in [1.807, 2.05) is 13.8 Å². The molecule has 0 atom stereocenters. The molecule has 0 aliphatic rings. The first-order valence-corrected chi connectivity index (χ1v) is 23.9. The zero-order valence-electron chi connectivity index (χ0n) is 44.5. The van der Waals surface area contributed by atoms with E-state index < -0.39 is 0 Å². The SMILES string of the molecule is C.CC.CC(C)(C)C.CC(C)C.CCC.CCC(C)(C)C.CCC(C)C.CCC(C)C.CCCC.CCCCC.CCCCCC.CCCCCCC. The summed E-state index contributed by atoms with van der Waals surface area (Å²) >= 11 is 0. The molecule has 0 unspecified atom stereocenters. The number of hydrogen-bond donors (Lipinski definition) is 0. The highest BCUT2D eigenvalue weighted by molar-refractivity contribution is 4.55. The molecule has 0 heterocycles. The maximum absolute atomic E-state index is 2.25. The molecule has 0 saturated carbocycles. The van der Waals surface area contributed by atoms with Crippen LogP contribution < -0.4 is 0 Å². The zero-order chi connectivity index (χ0) is 44.5. The quantitative estimate of drug-likeness (QED) is 0.174. The molecule has 53 heavy (non-hydrogen) atoms. The van der Waals surface area contributed by atoms with Crippen molar-refractivity contribution in [1.82, 2.24) is 0 Å². The number of unbranched alkanes of at least 4 members (excludes halogenated alkanes) is 10. The van der Waals surface area contributed by atoms with Crippen LogP contribution in [-0.2, 0) is 0 Å². The first-order chi connectivity index (χ1) is 23.9. The fourth-order valence-corrected chi connectivity index (χ4v) is 1.53. The van der Waals surface area contributed by atoms with E-state index in [-0.39, 0.29) is 7.43 Å². The smallest absolute Gasteiger partial charge is 0.0385 e. The Morgan fingerprint density at radius 1 is 0.340 bits per heavy atom. The Labute approximate surface area is 351 Å². The highest BCUT2D eigenvalue weighted by atomic mass is 14.1. The van der Waals surface area contributed by atoms with Gasteiger partial charge in [-0.25, -0.2) is 0 Å². The molecule has 0 bridgehead atoms. The van der Waals surface area contributed by atoms with Gasteiger partial charge in [0.05, 0.1) is 0 Å². The molecule has 0 amide bonds. The second-order valence-corrected chi connectivity index (χ2v) is 18.1. The summed E-state index contributed by atoms with van der Waals surface area (Å²) in [5, 5.41) is 0. The lowest BCUT2D eigenvalue weighted by Gasteiger charge is -2.12. The van der Waals surface area contributed by atoms with E-state index in [4.69, 9.17) is 0 Å². The first-order valence-electron chi connectivity index (χ1n) is 23.9. The van der Waals surface area contributed by atoms with Gasteiger partial charge in [-0.3, -0.25) is 0 Å². The lowest BCUT2D eigenvalue weighted by molar-refractivity contribution is 0.398. The minimum atomic E-state index is 0. The largest absolute Gasteiger partial charge is 0.0776 e. The van der Waals surface area contributed by atoms with E-state index in [0.29, 0.717) is 10.8 Å². The van der Waals surface area contributed by atoms with Gasteiger partial charge in [0.15, 0.2) is 0 Å². The Balaban J connectivity index is -0.0000000352. The third kappa shape index (κ3) is 450. The summed E-state index contributed by atoms with van der Waals surface area (Å²) in [6, 6.07) is 0. The standard InChI is InChI=1S/C7H16.2C6H14.4C5H12.2C4H10.C3H8.C2H6.CH4/c1-3-5-7-6-4-2;1-5-6(2,3)4;1-3-5-6-4-2;1-5(2,3)4;2*1-4-5(2)3;1-3-5-4-2;1-4(2)3;1-3-4-2;1-3-2;1-2;/h3-7H2,1-2H3;5H2,1-4H3;3-6H2,1-2H3;1-4H3;2*5H,4H2,1-3H3;3-5H2,1-2H3;4H,1-3H3;3-4H2,1-2H3;3H2,1-2H3;1-2H3;1H4. The summed E-state index contributed by atoms with van der Waals surface area (Å²) in [4.78, 5) is 0. The van der Waals surface area contributed by atoms with Crippen LogP contribution in [-0.4, -0.2) is 0 Å². The third-order valence-corrected chi connectivity index (χ3v) is 6.06. The summed E-state index contributed by atoms with van der Waals surface area (Å²) < 4.78 is 0. The molecule has 0 spiro atoms. The fraction of sp³-hybridized carbons (Fsp3) is 1.00. The lowest BCUT2D eigenvalue weighted by atomic mass is 9.94. The van der Waals surface area contributed by atoms with Gasteiger partial charge in [0, 0.05) is 0 Å². The summed E-state index contributed by atoms with van der Waals surface area (Å²) in [7, 11) is 0. The van der Waals surface area contributed by atoms with Crippen molar-refractivity contribution in [2.24, 2.45) is 28.6 Å². The Hall–Kier alpha value is 0. The van der Waals surface area contributed by atoms with Crippen molar-refractivity contribution < 1.29 is 0 Å². The Morgan fingerprint density at radius 3 is 0.528 bits per heavy atom. The van der Waals surface area contributed by atoms with E-state index in [9.17, 15) is 0 Å². The summed E-state index contributed by atoms with van der Waals surface area (Å²) in [6.45, 7) is 63.5. The van der Waals surface area contributed by atoms with Crippen molar-refractivity contribution in [2.45, 2.75) is 324 Å². The summed E-state index contributed by atoms with van der Waals surface area (Å²) in [6.07, 6.45) is 24.4. The van der Waals surface area contributed by atoms with E-state index in [1.165, 1.54) is 116 Å². The Morgan fingerprint density at radius 2 is 0.472 bits per heavy atom. The van der Waals surface area contributed by atoms with E-state index in [0.717, 1.165) is 17.8 Å². The van der Waals surface area contributed by atoms with Gasteiger partial charge in [0.2, 0.25) is 0 Å². The minimum Gasteiger partial charge on any atom is -0.0776 e. The van der Waals surface area contributed by atoms with Crippen LogP contribution in [0.5, 0.6) is 0 Å². The average Bonchev–Trinajstić information content (AvgIpc) is 3.06. The average molecular weight is 768 g/mol. The Kier molecular flexibility index (Phi) is 143. The zero-order valence-corrected chi connectivity index (χ0v) is 44.5. The van der Waals surface area contributed by atoms with Crippen LogP contribution in [0.25, 0.3) is 0 Å². The minimum absolute atomic E-state index is 0. The van der Waals surface area contributed by atoms with Crippen LogP contribution in [0.2, 0.25) is 0 Å². The van der Waals surface area contributed by atoms with Gasteiger partial charge in [-0.1, -0.05) is 324 Å². The van der Waals surface area contributed by atoms with Crippen molar-refractivity contribution in [3.8, 4) is 0 Å². The molecule has 0 fully saturated rings. The van der Waals surface area contributed by atoms with E-state index >= 15 is 0 Å². The molecule has 0 aromatic carbocycles. The molecule has 0 aliphatic carbocycles. The van der Waals surface area contributed by atoms with Gasteiger partial charge in [-0.15, -0.1) is 0 Å². The normalized spacial score (nSPS) is 9.06. The van der Waals surface area contributed by atoms with Gasteiger partial charge in [0.25, 0.3) is 0 Å². The van der Waals surface area contributed by atoms with Gasteiger partial charge >= 0.3 is 0 Å². The van der Waals surface area contributed by atoms with Gasteiger partial charge < -0.3 is 0 Å². The predicted octanol–water partition coefficient (Wildman–Crippen LogP) is 22.9. The van der Waals surface area contributed by atoms with Gasteiger partial charge in [-0.2, -0.15) is 0 Å². The number of rotatable bonds is 12. The number of hydrogen-bond acceptors (Lipinski definition) is 0. The maximum Gasteiger partial charge on any atom is -0.0385 e. The van der Waals surface area contributed by atoms with Crippen LogP contribution in [0, 0.1) is 28.6 Å². The fourth-order valence-electron chi connectivity index (χ4n) is 1.53. The van der Waals surface area contributed by atoms with Crippen molar-refractivity contribution in [3.05, 3.63) is 0 Å². The molecule has 0 aromatic heterocycles. The molecule has 0 nitrogen and oxygen atoms in total. The van der Waals surface area contributed by atoms with Crippen molar-refractivity contribution in [1.29, 1.82) is 0 Å². The molecule has 0 aromatic rings. The highest BCUT2D eigenvalue weighted by Gasteiger charge is 2.03. The topological polar surface area (TPSA) is 0 Å². The molecule has 0 aliphatic heterocycles. The predicted molar refractivity (Wildman–Crippen MR) is 270 cm³/mol. The molecule has 342 valence electrons. The summed E-state index contributed by atoms with van der Waals surface area (Å²) in [5.74, 6) is 2.60. The van der Waals surface area contributed by atoms with Crippen molar-refractivity contribution >= 4 is 0 Å². The van der Waals surface area contributed by atoms with Gasteiger partial charge in [-0.05, 0) is 28.6 Å². The molecule has 0 rings (SSSR count). The second kappa shape index (κ2) is 88.9. The molecule has 0 heteroatoms. The molecule has 0 N–H and O–H groups in total. The first kappa shape index (κ1) is 85.3. The van der Waals surface area contributed by atoms with Crippen LogP contribution in [0.3, 0.4) is 0 Å². The van der Waals surface area contributed by atoms with Gasteiger partial charge in [0.1, 0.15) is 0 Å². The highest BCUT2D eigenvalue weighted by Crippen LogP contribution is 2.16. The maximum atomic E-state index is 2.25. The molecular weight excluding hydrogens is 637 g/mol. The van der Waals surface area contributed by atoms with Crippen LogP contribution in [0.15, 0.2) is 0 Å². The Bertz CT molecular complexity index is 358. The molecular formula is C53H130. The monoisotopic (exact) mass is 767 g/mol. The van der Waals surface area contributed by atoms with Crippen molar-refractivity contribution in [3.63, 3.8) is 0 Å². The molecule has 0 radical (unpaired) electrons. The summed E-state index contributed by atoms with van der Waals surface area (Å²) in [5.41, 5.74) is 1.04. The van der Waals surface area contributed by atoms with E-state index in [1.54, 1.807) is 0 Å². The second-order valence-electron chi connectivity index (χ2n) is 18.1. The van der Waals surface area contributed by atoms with Crippen LogP contribution in [0.4, 0.5) is 0 Å².